The lowest BCUT2D eigenvalue weighted by Crippen LogP contribution is -2.31. The molecule has 204 valence electrons. The van der Waals surface area contributed by atoms with E-state index >= 15 is 0 Å². The average molecular weight is 588 g/mol. The van der Waals surface area contributed by atoms with E-state index in [1.807, 2.05) is 0 Å². The van der Waals surface area contributed by atoms with Crippen molar-refractivity contribution >= 4 is 46.4 Å². The van der Waals surface area contributed by atoms with E-state index in [1.165, 1.54) is 11.1 Å². The second-order valence-electron chi connectivity index (χ2n) is 10.3. The molecule has 4 rings (SSSR count). The van der Waals surface area contributed by atoms with Gasteiger partial charge in [0.15, 0.2) is 0 Å². The third-order valence-electron chi connectivity index (χ3n) is 7.54. The summed E-state index contributed by atoms with van der Waals surface area (Å²) in [5, 5.41) is 0. The van der Waals surface area contributed by atoms with Gasteiger partial charge in [-0.25, -0.2) is 0 Å². The molecule has 7 heteroatoms. The van der Waals surface area contributed by atoms with Crippen molar-refractivity contribution in [2.75, 3.05) is 23.5 Å². The molecule has 2 aliphatic rings. The molecule has 2 aliphatic heterocycles. The van der Waals surface area contributed by atoms with E-state index in [9.17, 15) is 0 Å². The number of rotatable bonds is 14. The largest absolute Gasteiger partial charge is 0.459 e. The molecule has 0 aromatic heterocycles. The number of fused-ring (bicyclic) bond motifs is 6. The minimum Gasteiger partial charge on any atom is -0.459 e. The van der Waals surface area contributed by atoms with Crippen molar-refractivity contribution in [3.8, 4) is 11.5 Å². The monoisotopic (exact) mass is 586 g/mol. The maximum atomic E-state index is 6.52. The van der Waals surface area contributed by atoms with Crippen LogP contribution in [0.25, 0.3) is 0 Å². The molecule has 2 heterocycles. The molecule has 0 saturated carbocycles. The zero-order valence-electron chi connectivity index (χ0n) is 21.8. The Balaban J connectivity index is 1.64. The van der Waals surface area contributed by atoms with Gasteiger partial charge in [-0.1, -0.05) is 12.1 Å². The third kappa shape index (κ3) is 6.84. The fourth-order valence-corrected chi connectivity index (χ4v) is 6.33. The lowest BCUT2D eigenvalue weighted by atomic mass is 9.86. The molecular formula is C30H38Cl4O3. The van der Waals surface area contributed by atoms with Crippen LogP contribution in [0.15, 0.2) is 24.3 Å². The Morgan fingerprint density at radius 1 is 0.595 bits per heavy atom. The van der Waals surface area contributed by atoms with Crippen LogP contribution in [-0.2, 0) is 4.74 Å². The normalized spacial score (nSPS) is 17.9. The van der Waals surface area contributed by atoms with Crippen molar-refractivity contribution < 1.29 is 14.2 Å². The molecule has 2 aromatic rings. The highest BCUT2D eigenvalue weighted by molar-refractivity contribution is 6.18. The number of hydrogen-bond acceptors (Lipinski definition) is 3. The number of alkyl halides is 4. The van der Waals surface area contributed by atoms with E-state index in [4.69, 9.17) is 60.6 Å². The van der Waals surface area contributed by atoms with E-state index in [1.54, 1.807) is 0 Å². The van der Waals surface area contributed by atoms with Crippen LogP contribution < -0.4 is 9.47 Å². The molecule has 2 atom stereocenters. The molecule has 2 bridgehead atoms. The molecule has 0 saturated heterocycles. The van der Waals surface area contributed by atoms with E-state index in [2.05, 4.69) is 38.1 Å². The van der Waals surface area contributed by atoms with E-state index in [-0.39, 0.29) is 0 Å². The van der Waals surface area contributed by atoms with Crippen LogP contribution in [0.4, 0.5) is 0 Å². The zero-order chi connectivity index (χ0) is 26.4. The number of halogens is 4. The second-order valence-corrected chi connectivity index (χ2v) is 11.8. The Morgan fingerprint density at radius 3 is 1.27 bits per heavy atom. The quantitative estimate of drug-likeness (QED) is 0.206. The van der Waals surface area contributed by atoms with E-state index in [0.29, 0.717) is 35.4 Å². The average Bonchev–Trinajstić information content (AvgIpc) is 2.90. The Bertz CT molecular complexity index is 946. The van der Waals surface area contributed by atoms with Crippen LogP contribution in [0.1, 0.15) is 109 Å². The lowest BCUT2D eigenvalue weighted by molar-refractivity contribution is -0.228. The molecular weight excluding hydrogens is 550 g/mol. The fourth-order valence-electron chi connectivity index (χ4n) is 5.71. The number of ether oxygens (including phenoxy) is 3. The van der Waals surface area contributed by atoms with Crippen LogP contribution in [0.3, 0.4) is 0 Å². The summed E-state index contributed by atoms with van der Waals surface area (Å²) in [4.78, 5) is 0. The Labute approximate surface area is 242 Å². The summed E-state index contributed by atoms with van der Waals surface area (Å²) in [7, 11) is 0. The van der Waals surface area contributed by atoms with Gasteiger partial charge in [0.1, 0.15) is 11.5 Å². The van der Waals surface area contributed by atoms with Crippen molar-refractivity contribution in [2.24, 2.45) is 0 Å². The summed E-state index contributed by atoms with van der Waals surface area (Å²) >= 11 is 24.1. The van der Waals surface area contributed by atoms with Crippen molar-refractivity contribution in [3.05, 3.63) is 57.6 Å². The van der Waals surface area contributed by atoms with Crippen LogP contribution in [0, 0.1) is 13.8 Å². The molecule has 2 aromatic carbocycles. The first-order valence-corrected chi connectivity index (χ1v) is 15.7. The van der Waals surface area contributed by atoms with Gasteiger partial charge < -0.3 is 9.47 Å². The van der Waals surface area contributed by atoms with Gasteiger partial charge in [0.05, 0.1) is 11.1 Å². The first-order valence-electron chi connectivity index (χ1n) is 13.5. The van der Waals surface area contributed by atoms with Crippen molar-refractivity contribution in [1.29, 1.82) is 0 Å². The summed E-state index contributed by atoms with van der Waals surface area (Å²) in [5.41, 5.74) is 6.69. The van der Waals surface area contributed by atoms with Gasteiger partial charge >= 0.3 is 0 Å². The molecule has 0 radical (unpaired) electrons. The predicted octanol–water partition coefficient (Wildman–Crippen LogP) is 10.0. The number of benzene rings is 2. The Morgan fingerprint density at radius 2 is 0.946 bits per heavy atom. The highest BCUT2D eigenvalue weighted by Crippen LogP contribution is 2.51. The van der Waals surface area contributed by atoms with Gasteiger partial charge in [-0.05, 0) is 111 Å². The number of hydrogen-bond donors (Lipinski definition) is 0. The van der Waals surface area contributed by atoms with E-state index in [0.717, 1.165) is 85.1 Å². The predicted molar refractivity (Wildman–Crippen MR) is 155 cm³/mol. The van der Waals surface area contributed by atoms with Gasteiger partial charge in [-0.15, -0.1) is 46.4 Å². The highest BCUT2D eigenvalue weighted by atomic mass is 35.5. The zero-order valence-corrected chi connectivity index (χ0v) is 24.9. The maximum absolute atomic E-state index is 6.52. The van der Waals surface area contributed by atoms with Crippen molar-refractivity contribution in [2.45, 2.75) is 89.6 Å². The third-order valence-corrected chi connectivity index (χ3v) is 8.61. The Kier molecular flexibility index (Phi) is 11.0. The van der Waals surface area contributed by atoms with Gasteiger partial charge in [-0.3, -0.25) is 4.74 Å². The van der Waals surface area contributed by atoms with Crippen LogP contribution in [0.2, 0.25) is 0 Å². The van der Waals surface area contributed by atoms with Crippen LogP contribution in [0.5, 0.6) is 11.5 Å². The van der Waals surface area contributed by atoms with Gasteiger partial charge in [-0.2, -0.15) is 0 Å². The maximum Gasteiger partial charge on any atom is 0.233 e. The molecule has 0 fully saturated rings. The molecule has 37 heavy (non-hydrogen) atoms. The van der Waals surface area contributed by atoms with Gasteiger partial charge in [0.2, 0.25) is 12.6 Å². The van der Waals surface area contributed by atoms with Gasteiger partial charge in [0.25, 0.3) is 0 Å². The fraction of sp³-hybridized carbons (Fsp3) is 0.600. The molecule has 0 N–H and O–H groups in total. The summed E-state index contributed by atoms with van der Waals surface area (Å²) in [5.74, 6) is 5.19. The first-order chi connectivity index (χ1) is 18.0. The van der Waals surface area contributed by atoms with Crippen LogP contribution >= 0.6 is 46.4 Å². The Hall–Kier alpha value is -0.840. The lowest BCUT2D eigenvalue weighted by Gasteiger charge is -2.40. The molecule has 0 aliphatic carbocycles. The molecule has 0 spiro atoms. The SMILES string of the molecule is Cc1cc(C(CCCCl)CCCCl)cc2c1OC1OC2Oc2c(C)cc(C(CCCCl)CCCCl)cc21. The molecule has 3 nitrogen and oxygen atoms in total. The minimum absolute atomic E-state index is 0.400. The topological polar surface area (TPSA) is 27.7 Å². The summed E-state index contributed by atoms with van der Waals surface area (Å²) < 4.78 is 19.4. The standard InChI is InChI=1S/C30H38Cl4O3/c1-19-15-23(21(7-3-11-31)8-4-12-32)17-25-27(19)35-30-26-18-24(22(9-5-13-33)10-6-14-34)16-20(2)28(26)36-29(25)37-30/h15-18,21-22,29-30H,3-14H2,1-2H3. The van der Waals surface area contributed by atoms with Crippen molar-refractivity contribution in [1.82, 2.24) is 0 Å². The summed E-state index contributed by atoms with van der Waals surface area (Å²) in [6, 6.07) is 8.92. The second kappa shape index (κ2) is 14.0. The summed E-state index contributed by atoms with van der Waals surface area (Å²) in [6.07, 6.45) is 7.07. The van der Waals surface area contributed by atoms with Gasteiger partial charge in [0, 0.05) is 23.5 Å². The van der Waals surface area contributed by atoms with E-state index < -0.39 is 12.6 Å². The minimum atomic E-state index is -0.491. The van der Waals surface area contributed by atoms with Crippen LogP contribution in [-0.4, -0.2) is 23.5 Å². The first kappa shape index (κ1) is 29.2. The highest BCUT2D eigenvalue weighted by Gasteiger charge is 2.40. The summed E-state index contributed by atoms with van der Waals surface area (Å²) in [6.45, 7) is 4.22. The molecule has 2 unspecified atom stereocenters. The number of aryl methyl sites for hydroxylation is 2. The smallest absolute Gasteiger partial charge is 0.233 e. The van der Waals surface area contributed by atoms with Crippen molar-refractivity contribution in [3.63, 3.8) is 0 Å². The molecule has 0 amide bonds.